The van der Waals surface area contributed by atoms with Gasteiger partial charge in [0.2, 0.25) is 0 Å². The van der Waals surface area contributed by atoms with E-state index in [1.807, 2.05) is 13.8 Å². The predicted molar refractivity (Wildman–Crippen MR) is 52.8 cm³/mol. The van der Waals surface area contributed by atoms with E-state index in [-0.39, 0.29) is 5.56 Å². The summed E-state index contributed by atoms with van der Waals surface area (Å²) in [6.07, 6.45) is 0. The van der Waals surface area contributed by atoms with Gasteiger partial charge in [-0.3, -0.25) is 0 Å². The standard InChI is InChI=1S/C10H11NO3/c1-7(2)11-14-9-5-3-8(4-6-9)10(12)13/h3-6H,1-2H3,(H,12,13). The summed E-state index contributed by atoms with van der Waals surface area (Å²) in [6, 6.07) is 6.07. The van der Waals surface area contributed by atoms with Crippen molar-refractivity contribution in [2.24, 2.45) is 5.16 Å². The number of hydrogen-bond donors (Lipinski definition) is 1. The molecule has 0 fully saturated rings. The zero-order valence-electron chi connectivity index (χ0n) is 8.02. The van der Waals surface area contributed by atoms with Gasteiger partial charge in [-0.2, -0.15) is 0 Å². The van der Waals surface area contributed by atoms with E-state index in [9.17, 15) is 4.79 Å². The second-order valence-corrected chi connectivity index (χ2v) is 2.96. The fourth-order valence-electron chi connectivity index (χ4n) is 0.802. The Morgan fingerprint density at radius 1 is 1.29 bits per heavy atom. The van der Waals surface area contributed by atoms with Crippen LogP contribution in [-0.2, 0) is 0 Å². The van der Waals surface area contributed by atoms with Crippen molar-refractivity contribution >= 4 is 11.7 Å². The molecular weight excluding hydrogens is 182 g/mol. The highest BCUT2D eigenvalue weighted by atomic mass is 16.6. The van der Waals surface area contributed by atoms with Gasteiger partial charge in [-0.05, 0) is 38.1 Å². The van der Waals surface area contributed by atoms with Crippen molar-refractivity contribution in [2.75, 3.05) is 0 Å². The summed E-state index contributed by atoms with van der Waals surface area (Å²) >= 11 is 0. The maximum Gasteiger partial charge on any atom is 0.335 e. The number of carbonyl (C=O) groups is 1. The summed E-state index contributed by atoms with van der Waals surface area (Å²) in [5.74, 6) is -0.428. The highest BCUT2D eigenvalue weighted by Crippen LogP contribution is 2.12. The molecule has 0 aliphatic carbocycles. The lowest BCUT2D eigenvalue weighted by Gasteiger charge is -1.99. The van der Waals surface area contributed by atoms with Crippen LogP contribution >= 0.6 is 0 Å². The number of aromatic carboxylic acids is 1. The predicted octanol–water partition coefficient (Wildman–Crippen LogP) is 2.16. The molecule has 0 aliphatic heterocycles. The fraction of sp³-hybridized carbons (Fsp3) is 0.200. The molecule has 0 saturated heterocycles. The van der Waals surface area contributed by atoms with E-state index in [2.05, 4.69) is 5.16 Å². The van der Waals surface area contributed by atoms with Gasteiger partial charge in [0.15, 0.2) is 5.75 Å². The number of oxime groups is 1. The van der Waals surface area contributed by atoms with Crippen molar-refractivity contribution in [3.8, 4) is 5.75 Å². The summed E-state index contributed by atoms with van der Waals surface area (Å²) < 4.78 is 0. The SMILES string of the molecule is CC(C)=NOc1ccc(C(=O)O)cc1. The number of nitrogens with zero attached hydrogens (tertiary/aromatic N) is 1. The summed E-state index contributed by atoms with van der Waals surface area (Å²) in [5.41, 5.74) is 1.03. The van der Waals surface area contributed by atoms with Gasteiger partial charge in [0, 0.05) is 0 Å². The molecular formula is C10H11NO3. The summed E-state index contributed by atoms with van der Waals surface area (Å²) in [5, 5.41) is 12.4. The van der Waals surface area contributed by atoms with E-state index in [0.29, 0.717) is 5.75 Å². The molecule has 14 heavy (non-hydrogen) atoms. The first-order valence-corrected chi connectivity index (χ1v) is 4.11. The molecule has 0 saturated carbocycles. The van der Waals surface area contributed by atoms with Crippen LogP contribution in [0.15, 0.2) is 29.4 Å². The van der Waals surface area contributed by atoms with Gasteiger partial charge in [-0.15, -0.1) is 0 Å². The van der Waals surface area contributed by atoms with E-state index in [1.165, 1.54) is 12.1 Å². The van der Waals surface area contributed by atoms with Gasteiger partial charge in [0.05, 0.1) is 11.3 Å². The minimum absolute atomic E-state index is 0.231. The van der Waals surface area contributed by atoms with Gasteiger partial charge < -0.3 is 9.94 Å². The van der Waals surface area contributed by atoms with Gasteiger partial charge >= 0.3 is 5.97 Å². The summed E-state index contributed by atoms with van der Waals surface area (Å²) in [7, 11) is 0. The molecule has 0 unspecified atom stereocenters. The molecule has 0 amide bonds. The minimum atomic E-state index is -0.952. The molecule has 4 heteroatoms. The van der Waals surface area contributed by atoms with Crippen LogP contribution in [0.2, 0.25) is 0 Å². The van der Waals surface area contributed by atoms with Crippen LogP contribution in [0.4, 0.5) is 0 Å². The van der Waals surface area contributed by atoms with Crippen molar-refractivity contribution < 1.29 is 14.7 Å². The van der Waals surface area contributed by atoms with Crippen molar-refractivity contribution in [1.82, 2.24) is 0 Å². The van der Waals surface area contributed by atoms with Crippen LogP contribution in [-0.4, -0.2) is 16.8 Å². The minimum Gasteiger partial charge on any atom is -0.478 e. The second-order valence-electron chi connectivity index (χ2n) is 2.96. The van der Waals surface area contributed by atoms with E-state index in [1.54, 1.807) is 12.1 Å². The number of rotatable bonds is 3. The maximum atomic E-state index is 10.5. The Bertz CT molecular complexity index is 350. The molecule has 0 aromatic heterocycles. The molecule has 0 bridgehead atoms. The van der Waals surface area contributed by atoms with Crippen molar-refractivity contribution in [2.45, 2.75) is 13.8 Å². The van der Waals surface area contributed by atoms with Crippen molar-refractivity contribution in [1.29, 1.82) is 0 Å². The molecule has 1 aromatic carbocycles. The smallest absolute Gasteiger partial charge is 0.335 e. The lowest BCUT2D eigenvalue weighted by Crippen LogP contribution is -1.95. The van der Waals surface area contributed by atoms with Crippen LogP contribution in [0.25, 0.3) is 0 Å². The molecule has 0 atom stereocenters. The number of carboxylic acid groups (broad SMARTS) is 1. The molecule has 0 heterocycles. The van der Waals surface area contributed by atoms with E-state index >= 15 is 0 Å². The third kappa shape index (κ3) is 2.90. The number of hydrogen-bond acceptors (Lipinski definition) is 3. The Morgan fingerprint density at radius 3 is 2.29 bits per heavy atom. The lowest BCUT2D eigenvalue weighted by atomic mass is 10.2. The van der Waals surface area contributed by atoms with Crippen LogP contribution < -0.4 is 4.84 Å². The molecule has 0 aliphatic rings. The molecule has 1 N–H and O–H groups in total. The number of benzene rings is 1. The first-order chi connectivity index (χ1) is 6.59. The van der Waals surface area contributed by atoms with Crippen molar-refractivity contribution in [3.63, 3.8) is 0 Å². The second kappa shape index (κ2) is 4.41. The highest BCUT2D eigenvalue weighted by molar-refractivity contribution is 5.87. The van der Waals surface area contributed by atoms with E-state index in [0.717, 1.165) is 5.71 Å². The zero-order valence-corrected chi connectivity index (χ0v) is 8.02. The van der Waals surface area contributed by atoms with E-state index in [4.69, 9.17) is 9.94 Å². The van der Waals surface area contributed by atoms with Gasteiger partial charge in [0.1, 0.15) is 0 Å². The molecule has 4 nitrogen and oxygen atoms in total. The molecule has 74 valence electrons. The maximum absolute atomic E-state index is 10.5. The first-order valence-electron chi connectivity index (χ1n) is 4.11. The van der Waals surface area contributed by atoms with Crippen LogP contribution in [0.5, 0.6) is 5.75 Å². The highest BCUT2D eigenvalue weighted by Gasteiger charge is 2.01. The summed E-state index contributed by atoms with van der Waals surface area (Å²) in [6.45, 7) is 3.62. The van der Waals surface area contributed by atoms with E-state index < -0.39 is 5.97 Å². The molecule has 0 radical (unpaired) electrons. The Labute approximate surface area is 81.8 Å². The zero-order chi connectivity index (χ0) is 10.6. The fourth-order valence-corrected chi connectivity index (χ4v) is 0.802. The Morgan fingerprint density at radius 2 is 1.86 bits per heavy atom. The van der Waals surface area contributed by atoms with Gasteiger partial charge in [0.25, 0.3) is 0 Å². The third-order valence-electron chi connectivity index (χ3n) is 1.43. The van der Waals surface area contributed by atoms with Crippen molar-refractivity contribution in [3.05, 3.63) is 29.8 Å². The topological polar surface area (TPSA) is 58.9 Å². The van der Waals surface area contributed by atoms with Crippen LogP contribution in [0.1, 0.15) is 24.2 Å². The summed E-state index contributed by atoms with van der Waals surface area (Å²) in [4.78, 5) is 15.5. The molecule has 1 rings (SSSR count). The Kier molecular flexibility index (Phi) is 3.23. The van der Waals surface area contributed by atoms with Crippen LogP contribution in [0.3, 0.4) is 0 Å². The monoisotopic (exact) mass is 193 g/mol. The molecule has 0 spiro atoms. The Hall–Kier alpha value is -1.84. The van der Waals surface area contributed by atoms with Crippen LogP contribution in [0, 0.1) is 0 Å². The largest absolute Gasteiger partial charge is 0.478 e. The van der Waals surface area contributed by atoms with Gasteiger partial charge in [-0.25, -0.2) is 4.79 Å². The Balaban J connectivity index is 2.74. The van der Waals surface area contributed by atoms with Gasteiger partial charge in [-0.1, -0.05) is 5.16 Å². The average molecular weight is 193 g/mol. The number of carboxylic acids is 1. The lowest BCUT2D eigenvalue weighted by molar-refractivity contribution is 0.0697. The quantitative estimate of drug-likeness (QED) is 0.591. The average Bonchev–Trinajstić information content (AvgIpc) is 2.15. The third-order valence-corrected chi connectivity index (χ3v) is 1.43. The first kappa shape index (κ1) is 10.2. The molecule has 1 aromatic rings. The normalized spacial score (nSPS) is 9.29.